The summed E-state index contributed by atoms with van der Waals surface area (Å²) >= 11 is 0. The van der Waals surface area contributed by atoms with Crippen molar-refractivity contribution in [3.63, 3.8) is 0 Å². The maximum Gasteiger partial charge on any atom is 0.407 e. The van der Waals surface area contributed by atoms with Crippen LogP contribution >= 0.6 is 0 Å². The van der Waals surface area contributed by atoms with Gasteiger partial charge in [0.05, 0.1) is 19.7 Å². The maximum absolute atomic E-state index is 11.0. The Labute approximate surface area is 117 Å². The zero-order valence-electron chi connectivity index (χ0n) is 11.5. The summed E-state index contributed by atoms with van der Waals surface area (Å²) in [5.41, 5.74) is 1.12. The van der Waals surface area contributed by atoms with Gasteiger partial charge in [0.25, 0.3) is 0 Å². The van der Waals surface area contributed by atoms with Gasteiger partial charge >= 0.3 is 6.09 Å². The minimum absolute atomic E-state index is 0.103. The van der Waals surface area contributed by atoms with E-state index < -0.39 is 0 Å². The van der Waals surface area contributed by atoms with E-state index in [0.29, 0.717) is 13.1 Å². The molecule has 1 aromatic heterocycles. The fraction of sp³-hybridized carbons (Fsp3) is 0.400. The van der Waals surface area contributed by atoms with Crippen molar-refractivity contribution < 1.29 is 14.3 Å². The second-order valence-electron chi connectivity index (χ2n) is 4.95. The minimum atomic E-state index is -0.332. The third-order valence-corrected chi connectivity index (χ3v) is 3.36. The van der Waals surface area contributed by atoms with Gasteiger partial charge < -0.3 is 19.4 Å². The van der Waals surface area contributed by atoms with Crippen LogP contribution in [0.25, 0.3) is 10.9 Å². The number of nitrogens with one attached hydrogen (secondary N) is 1. The lowest BCUT2D eigenvalue weighted by Crippen LogP contribution is -2.20. The number of fused-ring (bicyclic) bond motifs is 1. The van der Waals surface area contributed by atoms with E-state index in [0.717, 1.165) is 29.7 Å². The summed E-state index contributed by atoms with van der Waals surface area (Å²) in [5.74, 6) is 0.895. The minimum Gasteiger partial charge on any atom is -0.494 e. The van der Waals surface area contributed by atoms with Crippen molar-refractivity contribution in [2.75, 3.05) is 13.2 Å². The van der Waals surface area contributed by atoms with E-state index in [1.807, 2.05) is 24.4 Å². The second-order valence-corrected chi connectivity index (χ2v) is 4.95. The van der Waals surface area contributed by atoms with Crippen LogP contribution in [0, 0.1) is 0 Å². The summed E-state index contributed by atoms with van der Waals surface area (Å²) in [6, 6.07) is 8.12. The van der Waals surface area contributed by atoms with Crippen molar-refractivity contribution in [1.82, 2.24) is 9.88 Å². The lowest BCUT2D eigenvalue weighted by Gasteiger charge is -2.11. The van der Waals surface area contributed by atoms with E-state index >= 15 is 0 Å². The number of carbonyl (C=O) groups excluding carboxylic acids is 1. The normalized spacial score (nSPS) is 18.1. The first-order valence-electron chi connectivity index (χ1n) is 6.92. The van der Waals surface area contributed by atoms with E-state index in [2.05, 4.69) is 22.9 Å². The molecule has 1 N–H and O–H groups in total. The Balaban J connectivity index is 1.77. The van der Waals surface area contributed by atoms with Crippen LogP contribution in [-0.2, 0) is 11.3 Å². The van der Waals surface area contributed by atoms with Crippen molar-refractivity contribution in [1.29, 1.82) is 0 Å². The van der Waals surface area contributed by atoms with Gasteiger partial charge in [0.1, 0.15) is 11.9 Å². The lowest BCUT2D eigenvalue weighted by molar-refractivity contribution is 0.131. The predicted molar refractivity (Wildman–Crippen MR) is 76.0 cm³/mol. The first kappa shape index (κ1) is 12.8. The average molecular weight is 274 g/mol. The van der Waals surface area contributed by atoms with Crippen LogP contribution in [0.2, 0.25) is 0 Å². The third-order valence-electron chi connectivity index (χ3n) is 3.36. The van der Waals surface area contributed by atoms with Crippen molar-refractivity contribution in [2.45, 2.75) is 26.0 Å². The number of ether oxygens (including phenoxy) is 2. The number of aromatic nitrogens is 1. The van der Waals surface area contributed by atoms with Gasteiger partial charge in [-0.05, 0) is 30.7 Å². The molecule has 5 nitrogen and oxygen atoms in total. The first-order chi connectivity index (χ1) is 9.76. The van der Waals surface area contributed by atoms with Gasteiger partial charge in [-0.2, -0.15) is 0 Å². The Morgan fingerprint density at radius 2 is 2.35 bits per heavy atom. The summed E-state index contributed by atoms with van der Waals surface area (Å²) in [7, 11) is 0. The molecule has 2 aromatic rings. The van der Waals surface area contributed by atoms with Crippen molar-refractivity contribution in [2.24, 2.45) is 0 Å². The van der Waals surface area contributed by atoms with Crippen LogP contribution in [0.3, 0.4) is 0 Å². The highest BCUT2D eigenvalue weighted by Crippen LogP contribution is 2.23. The summed E-state index contributed by atoms with van der Waals surface area (Å²) in [4.78, 5) is 11.0. The molecule has 1 aliphatic heterocycles. The molecule has 2 heterocycles. The molecule has 1 unspecified atom stereocenters. The molecule has 0 aliphatic carbocycles. The van der Waals surface area contributed by atoms with Crippen molar-refractivity contribution in [3.05, 3.63) is 30.5 Å². The molecule has 1 fully saturated rings. The second kappa shape index (κ2) is 5.45. The zero-order chi connectivity index (χ0) is 13.9. The van der Waals surface area contributed by atoms with E-state index in [9.17, 15) is 4.79 Å². The molecule has 5 heteroatoms. The molecule has 106 valence electrons. The van der Waals surface area contributed by atoms with Crippen LogP contribution in [0.15, 0.2) is 30.5 Å². The molecular weight excluding hydrogens is 256 g/mol. The largest absolute Gasteiger partial charge is 0.494 e. The number of hydrogen-bond acceptors (Lipinski definition) is 3. The molecule has 3 rings (SSSR count). The number of hydrogen-bond donors (Lipinski definition) is 1. The fourth-order valence-corrected chi connectivity index (χ4v) is 2.40. The van der Waals surface area contributed by atoms with E-state index in [-0.39, 0.29) is 12.2 Å². The van der Waals surface area contributed by atoms with Crippen LogP contribution in [0.1, 0.15) is 13.3 Å². The van der Waals surface area contributed by atoms with E-state index in [1.54, 1.807) is 0 Å². The van der Waals surface area contributed by atoms with Gasteiger partial charge in [-0.1, -0.05) is 6.92 Å². The van der Waals surface area contributed by atoms with Crippen LogP contribution < -0.4 is 10.1 Å². The lowest BCUT2D eigenvalue weighted by atomic mass is 10.2. The molecule has 1 aromatic carbocycles. The Morgan fingerprint density at radius 1 is 1.45 bits per heavy atom. The Hall–Kier alpha value is -2.17. The predicted octanol–water partition coefficient (Wildman–Crippen LogP) is 2.54. The highest BCUT2D eigenvalue weighted by atomic mass is 16.6. The van der Waals surface area contributed by atoms with Gasteiger partial charge in [-0.15, -0.1) is 0 Å². The molecule has 1 atom stereocenters. The van der Waals surface area contributed by atoms with Gasteiger partial charge in [0.2, 0.25) is 0 Å². The zero-order valence-corrected chi connectivity index (χ0v) is 11.5. The standard InChI is InChI=1S/C15H18N2O3/c1-2-7-19-12-3-4-14-11(8-12)5-6-17(14)10-13-9-16-15(18)20-13/h3-6,8,13H,2,7,9-10H2,1H3,(H,16,18). The van der Waals surface area contributed by atoms with Crippen LogP contribution in [0.5, 0.6) is 5.75 Å². The Kier molecular flexibility index (Phi) is 3.50. The molecule has 0 bridgehead atoms. The Morgan fingerprint density at radius 3 is 3.10 bits per heavy atom. The summed E-state index contributed by atoms with van der Waals surface area (Å²) in [6.07, 6.45) is 2.58. The number of nitrogens with zero attached hydrogens (tertiary/aromatic N) is 1. The third kappa shape index (κ3) is 2.57. The number of cyclic esters (lactones) is 1. The molecule has 20 heavy (non-hydrogen) atoms. The van der Waals surface area contributed by atoms with E-state index in [4.69, 9.17) is 9.47 Å². The number of benzene rings is 1. The number of amides is 1. The van der Waals surface area contributed by atoms with Crippen LogP contribution in [0.4, 0.5) is 4.79 Å². The first-order valence-corrected chi connectivity index (χ1v) is 6.92. The highest BCUT2D eigenvalue weighted by Gasteiger charge is 2.22. The maximum atomic E-state index is 11.0. The fourth-order valence-electron chi connectivity index (χ4n) is 2.40. The molecule has 0 saturated carbocycles. The average Bonchev–Trinajstić information content (AvgIpc) is 3.04. The van der Waals surface area contributed by atoms with E-state index in [1.165, 1.54) is 0 Å². The monoisotopic (exact) mass is 274 g/mol. The quantitative estimate of drug-likeness (QED) is 0.911. The highest BCUT2D eigenvalue weighted by molar-refractivity contribution is 5.81. The van der Waals surface area contributed by atoms with Crippen molar-refractivity contribution >= 4 is 17.0 Å². The van der Waals surface area contributed by atoms with Gasteiger partial charge in [-0.25, -0.2) is 4.79 Å². The topological polar surface area (TPSA) is 52.5 Å². The Bertz CT molecular complexity index is 621. The number of rotatable bonds is 5. The smallest absolute Gasteiger partial charge is 0.407 e. The summed E-state index contributed by atoms with van der Waals surface area (Å²) in [6.45, 7) is 4.05. The van der Waals surface area contributed by atoms with Gasteiger partial charge in [0.15, 0.2) is 0 Å². The van der Waals surface area contributed by atoms with Gasteiger partial charge in [0, 0.05) is 17.1 Å². The molecule has 0 radical (unpaired) electrons. The molecule has 1 aliphatic rings. The number of alkyl carbamates (subject to hydrolysis) is 1. The van der Waals surface area contributed by atoms with Crippen molar-refractivity contribution in [3.8, 4) is 5.75 Å². The van der Waals surface area contributed by atoms with Gasteiger partial charge in [-0.3, -0.25) is 0 Å². The van der Waals surface area contributed by atoms with Crippen LogP contribution in [-0.4, -0.2) is 29.9 Å². The molecule has 1 saturated heterocycles. The molecular formula is C15H18N2O3. The summed E-state index contributed by atoms with van der Waals surface area (Å²) in [5, 5.41) is 3.80. The SMILES string of the molecule is CCCOc1ccc2c(ccn2CC2CNC(=O)O2)c1. The summed E-state index contributed by atoms with van der Waals surface area (Å²) < 4.78 is 12.9. The number of carbonyl (C=O) groups is 1. The molecule has 0 spiro atoms. The molecule has 1 amide bonds.